The smallest absolute Gasteiger partial charge is 0.218 e. The van der Waals surface area contributed by atoms with Crippen LogP contribution < -0.4 is 16.0 Å². The topological polar surface area (TPSA) is 76.3 Å². The van der Waals surface area contributed by atoms with E-state index in [0.717, 1.165) is 12.6 Å². The molecule has 6 nitrogen and oxygen atoms in total. The van der Waals surface area contributed by atoms with Crippen molar-refractivity contribution >= 4 is 5.82 Å². The van der Waals surface area contributed by atoms with E-state index in [1.165, 1.54) is 19.2 Å². The molecular weight excluding hydrogens is 206 g/mol. The van der Waals surface area contributed by atoms with Crippen LogP contribution in [0.25, 0.3) is 0 Å². The van der Waals surface area contributed by atoms with E-state index >= 15 is 0 Å². The molecule has 1 saturated carbocycles. The van der Waals surface area contributed by atoms with Crippen LogP contribution in [0, 0.1) is 0 Å². The van der Waals surface area contributed by atoms with E-state index in [9.17, 15) is 0 Å². The number of nitrogens with zero attached hydrogens (tertiary/aromatic N) is 3. The van der Waals surface area contributed by atoms with Gasteiger partial charge in [-0.2, -0.15) is 0 Å². The van der Waals surface area contributed by atoms with Crippen molar-refractivity contribution in [2.24, 2.45) is 5.84 Å². The maximum absolute atomic E-state index is 5.51. The summed E-state index contributed by atoms with van der Waals surface area (Å²) in [5.74, 6) is 6.34. The molecule has 0 amide bonds. The summed E-state index contributed by atoms with van der Waals surface area (Å²) in [6.45, 7) is 1.55. The standard InChI is InChI=1S/C10H17N5O/c1-15(8-2-3-8)4-5-16-10-6-9(14-11)12-7-13-10/h6-8H,2-5,11H2,1H3,(H,12,13,14). The Hall–Kier alpha value is -1.40. The Morgan fingerprint density at radius 2 is 2.38 bits per heavy atom. The average molecular weight is 223 g/mol. The minimum absolute atomic E-state index is 0.548. The lowest BCUT2D eigenvalue weighted by Crippen LogP contribution is -2.26. The van der Waals surface area contributed by atoms with E-state index in [-0.39, 0.29) is 0 Å². The number of nitrogens with two attached hydrogens (primary N) is 1. The monoisotopic (exact) mass is 223 g/mol. The second-order valence-corrected chi connectivity index (χ2v) is 3.95. The van der Waals surface area contributed by atoms with Gasteiger partial charge in [-0.05, 0) is 19.9 Å². The predicted octanol–water partition coefficient (Wildman–Crippen LogP) is 0.235. The van der Waals surface area contributed by atoms with Crippen molar-refractivity contribution in [2.45, 2.75) is 18.9 Å². The number of hydrogen-bond donors (Lipinski definition) is 2. The summed E-state index contributed by atoms with van der Waals surface area (Å²) in [4.78, 5) is 10.2. The lowest BCUT2D eigenvalue weighted by atomic mass is 10.5. The van der Waals surface area contributed by atoms with Crippen LogP contribution in [0.15, 0.2) is 12.4 Å². The van der Waals surface area contributed by atoms with Crippen LogP contribution in [0.2, 0.25) is 0 Å². The minimum Gasteiger partial charge on any atom is -0.476 e. The Labute approximate surface area is 94.8 Å². The second-order valence-electron chi connectivity index (χ2n) is 3.95. The molecule has 1 fully saturated rings. The number of rotatable bonds is 6. The van der Waals surface area contributed by atoms with Crippen molar-refractivity contribution < 1.29 is 4.74 Å². The Balaban J connectivity index is 1.75. The molecule has 0 atom stereocenters. The third-order valence-corrected chi connectivity index (χ3v) is 2.65. The largest absolute Gasteiger partial charge is 0.476 e. The van der Waals surface area contributed by atoms with E-state index in [1.807, 2.05) is 0 Å². The molecule has 1 aliphatic rings. The lowest BCUT2D eigenvalue weighted by Gasteiger charge is -2.15. The van der Waals surface area contributed by atoms with Crippen molar-refractivity contribution in [1.82, 2.24) is 14.9 Å². The molecule has 0 radical (unpaired) electrons. The third kappa shape index (κ3) is 3.04. The van der Waals surface area contributed by atoms with Gasteiger partial charge in [-0.15, -0.1) is 0 Å². The molecule has 1 aromatic heterocycles. The highest BCUT2D eigenvalue weighted by Gasteiger charge is 2.25. The SMILES string of the molecule is CN(CCOc1cc(NN)ncn1)C1CC1. The van der Waals surface area contributed by atoms with Gasteiger partial charge in [0.2, 0.25) is 5.88 Å². The molecule has 0 aromatic carbocycles. The summed E-state index contributed by atoms with van der Waals surface area (Å²) in [5.41, 5.74) is 2.45. The summed E-state index contributed by atoms with van der Waals surface area (Å²) in [6.07, 6.45) is 4.05. The fraction of sp³-hybridized carbons (Fsp3) is 0.600. The summed E-state index contributed by atoms with van der Waals surface area (Å²) in [7, 11) is 2.12. The zero-order chi connectivity index (χ0) is 11.4. The molecule has 0 unspecified atom stereocenters. The molecule has 0 bridgehead atoms. The molecule has 1 heterocycles. The maximum Gasteiger partial charge on any atom is 0.218 e. The molecule has 3 N–H and O–H groups in total. The third-order valence-electron chi connectivity index (χ3n) is 2.65. The Bertz CT molecular complexity index is 342. The number of aromatic nitrogens is 2. The van der Waals surface area contributed by atoms with Gasteiger partial charge in [0.15, 0.2) is 0 Å². The van der Waals surface area contributed by atoms with Gasteiger partial charge >= 0.3 is 0 Å². The summed E-state index contributed by atoms with van der Waals surface area (Å²) >= 11 is 0. The van der Waals surface area contributed by atoms with Crippen LogP contribution in [0.5, 0.6) is 5.88 Å². The first-order chi connectivity index (χ1) is 7.79. The predicted molar refractivity (Wildman–Crippen MR) is 61.0 cm³/mol. The van der Waals surface area contributed by atoms with Gasteiger partial charge < -0.3 is 15.1 Å². The molecule has 0 aliphatic heterocycles. The van der Waals surface area contributed by atoms with Crippen LogP contribution in [0.1, 0.15) is 12.8 Å². The van der Waals surface area contributed by atoms with Gasteiger partial charge in [0.25, 0.3) is 0 Å². The molecule has 0 saturated heterocycles. The highest BCUT2D eigenvalue weighted by atomic mass is 16.5. The van der Waals surface area contributed by atoms with E-state index in [4.69, 9.17) is 10.6 Å². The molecular formula is C10H17N5O. The summed E-state index contributed by atoms with van der Waals surface area (Å²) < 4.78 is 5.51. The van der Waals surface area contributed by atoms with Crippen molar-refractivity contribution in [3.8, 4) is 5.88 Å². The molecule has 6 heteroatoms. The molecule has 0 spiro atoms. The quantitative estimate of drug-likeness (QED) is 0.531. The number of nitrogens with one attached hydrogen (secondary N) is 1. The number of hydrazine groups is 1. The number of hydrogen-bond acceptors (Lipinski definition) is 6. The van der Waals surface area contributed by atoms with E-state index in [0.29, 0.717) is 18.3 Å². The number of ether oxygens (including phenoxy) is 1. The average Bonchev–Trinajstić information content (AvgIpc) is 3.13. The molecule has 1 aliphatic carbocycles. The lowest BCUT2D eigenvalue weighted by molar-refractivity contribution is 0.226. The van der Waals surface area contributed by atoms with E-state index in [1.54, 1.807) is 6.07 Å². The number of anilines is 1. The zero-order valence-corrected chi connectivity index (χ0v) is 9.39. The van der Waals surface area contributed by atoms with Crippen LogP contribution in [0.3, 0.4) is 0 Å². The van der Waals surface area contributed by atoms with Gasteiger partial charge in [-0.3, -0.25) is 0 Å². The molecule has 2 rings (SSSR count). The first kappa shape index (κ1) is 11.1. The van der Waals surface area contributed by atoms with Gasteiger partial charge in [0.1, 0.15) is 18.8 Å². The van der Waals surface area contributed by atoms with E-state index < -0.39 is 0 Å². The van der Waals surface area contributed by atoms with Crippen molar-refractivity contribution in [3.63, 3.8) is 0 Å². The number of nitrogen functional groups attached to an aromatic ring is 1. The van der Waals surface area contributed by atoms with Crippen molar-refractivity contribution in [1.29, 1.82) is 0 Å². The van der Waals surface area contributed by atoms with Gasteiger partial charge in [-0.1, -0.05) is 0 Å². The highest BCUT2D eigenvalue weighted by molar-refractivity contribution is 5.35. The Morgan fingerprint density at radius 3 is 3.06 bits per heavy atom. The van der Waals surface area contributed by atoms with Crippen molar-refractivity contribution in [3.05, 3.63) is 12.4 Å². The second kappa shape index (κ2) is 5.09. The van der Waals surface area contributed by atoms with Crippen LogP contribution in [-0.4, -0.2) is 41.1 Å². The highest BCUT2D eigenvalue weighted by Crippen LogP contribution is 2.24. The Morgan fingerprint density at radius 1 is 1.56 bits per heavy atom. The van der Waals surface area contributed by atoms with E-state index in [2.05, 4.69) is 27.3 Å². The normalized spacial score (nSPS) is 15.2. The van der Waals surface area contributed by atoms with Gasteiger partial charge in [-0.25, -0.2) is 15.8 Å². The van der Waals surface area contributed by atoms with Crippen LogP contribution in [0.4, 0.5) is 5.82 Å². The molecule has 16 heavy (non-hydrogen) atoms. The summed E-state index contributed by atoms with van der Waals surface area (Å²) in [6, 6.07) is 2.44. The first-order valence-electron chi connectivity index (χ1n) is 5.41. The zero-order valence-electron chi connectivity index (χ0n) is 9.39. The van der Waals surface area contributed by atoms with Crippen molar-refractivity contribution in [2.75, 3.05) is 25.6 Å². The molecule has 88 valence electrons. The van der Waals surface area contributed by atoms with Crippen LogP contribution >= 0.6 is 0 Å². The van der Waals surface area contributed by atoms with Crippen LogP contribution in [-0.2, 0) is 0 Å². The Kier molecular flexibility index (Phi) is 3.53. The molecule has 1 aromatic rings. The maximum atomic E-state index is 5.51. The first-order valence-corrected chi connectivity index (χ1v) is 5.41. The number of likely N-dealkylation sites (N-methyl/N-ethyl adjacent to an activating group) is 1. The minimum atomic E-state index is 0.548. The van der Waals surface area contributed by atoms with Gasteiger partial charge in [0, 0.05) is 18.7 Å². The fourth-order valence-corrected chi connectivity index (χ4v) is 1.49. The van der Waals surface area contributed by atoms with Gasteiger partial charge in [0.05, 0.1) is 0 Å². The fourth-order valence-electron chi connectivity index (χ4n) is 1.49. The summed E-state index contributed by atoms with van der Waals surface area (Å²) in [5, 5.41) is 0.